The van der Waals surface area contributed by atoms with E-state index in [-0.39, 0.29) is 0 Å². The van der Waals surface area contributed by atoms with E-state index >= 15 is 0 Å². The molecule has 240 valence electrons. The summed E-state index contributed by atoms with van der Waals surface area (Å²) in [5.74, 6) is 3.08. The predicted octanol–water partition coefficient (Wildman–Crippen LogP) is 13.3. The molecule has 0 unspecified atom stereocenters. The highest BCUT2D eigenvalue weighted by atomic mass is 16.5. The third kappa shape index (κ3) is 4.90. The summed E-state index contributed by atoms with van der Waals surface area (Å²) >= 11 is 0. The molecule has 10 rings (SSSR count). The summed E-state index contributed by atoms with van der Waals surface area (Å²) in [5.41, 5.74) is 11.7. The molecule has 1 aromatic heterocycles. The van der Waals surface area contributed by atoms with Crippen LogP contribution in [0.3, 0.4) is 0 Å². The molecule has 0 amide bonds. The molecule has 51 heavy (non-hydrogen) atoms. The molecule has 0 bridgehead atoms. The molecule has 0 fully saturated rings. The van der Waals surface area contributed by atoms with Gasteiger partial charge in [-0.1, -0.05) is 127 Å². The Labute approximate surface area is 296 Å². The van der Waals surface area contributed by atoms with Crippen molar-refractivity contribution in [1.82, 2.24) is 4.57 Å². The van der Waals surface area contributed by atoms with E-state index in [0.717, 1.165) is 78.7 Å². The molecular formula is C48H31NO2. The first-order valence-electron chi connectivity index (χ1n) is 17.3. The minimum absolute atomic E-state index is 0.766. The van der Waals surface area contributed by atoms with Crippen LogP contribution in [0.2, 0.25) is 0 Å². The Balaban J connectivity index is 1.24. The van der Waals surface area contributed by atoms with Crippen LogP contribution < -0.4 is 9.47 Å². The lowest BCUT2D eigenvalue weighted by Gasteiger charge is -2.23. The van der Waals surface area contributed by atoms with Crippen LogP contribution in [0, 0.1) is 0 Å². The number of fused-ring (bicyclic) bond motifs is 9. The van der Waals surface area contributed by atoms with Gasteiger partial charge in [0.25, 0.3) is 0 Å². The third-order valence-corrected chi connectivity index (χ3v) is 9.89. The van der Waals surface area contributed by atoms with Gasteiger partial charge >= 0.3 is 0 Å². The van der Waals surface area contributed by atoms with E-state index in [9.17, 15) is 0 Å². The predicted molar refractivity (Wildman–Crippen MR) is 209 cm³/mol. The first-order valence-corrected chi connectivity index (χ1v) is 17.3. The van der Waals surface area contributed by atoms with Crippen molar-refractivity contribution in [2.24, 2.45) is 0 Å². The largest absolute Gasteiger partial charge is 0.456 e. The zero-order valence-corrected chi connectivity index (χ0v) is 27.7. The van der Waals surface area contributed by atoms with Crippen molar-refractivity contribution >= 4 is 21.8 Å². The SMILES string of the molecule is c1ccc(-c2ccc3c(c2)Oc2ccccc2-c2ccccc2Oc2cccc(-c4ccc5c(c4)c4ccccc4n5-c4ccccc4)c2-3)cc1. The Hall–Kier alpha value is -6.84. The molecule has 0 spiro atoms. The molecule has 0 atom stereocenters. The molecule has 9 aromatic rings. The Morgan fingerprint density at radius 3 is 1.69 bits per heavy atom. The molecule has 0 saturated carbocycles. The second kappa shape index (κ2) is 11.9. The minimum atomic E-state index is 0.766. The molecule has 2 heterocycles. The first kappa shape index (κ1) is 29.1. The summed E-state index contributed by atoms with van der Waals surface area (Å²) in [5, 5.41) is 2.41. The van der Waals surface area contributed by atoms with Crippen LogP contribution in [-0.4, -0.2) is 4.57 Å². The molecule has 1 aliphatic rings. The zero-order valence-electron chi connectivity index (χ0n) is 27.7. The van der Waals surface area contributed by atoms with Gasteiger partial charge in [0.15, 0.2) is 0 Å². The van der Waals surface area contributed by atoms with Gasteiger partial charge in [-0.25, -0.2) is 0 Å². The average Bonchev–Trinajstić information content (AvgIpc) is 3.53. The maximum atomic E-state index is 7.01. The van der Waals surface area contributed by atoms with Gasteiger partial charge in [-0.2, -0.15) is 0 Å². The molecule has 8 aromatic carbocycles. The molecule has 0 radical (unpaired) electrons. The Bertz CT molecular complexity index is 2740. The molecule has 3 nitrogen and oxygen atoms in total. The second-order valence-electron chi connectivity index (χ2n) is 12.9. The lowest BCUT2D eigenvalue weighted by Crippen LogP contribution is -1.99. The number of para-hydroxylation sites is 4. The van der Waals surface area contributed by atoms with Crippen LogP contribution in [0.25, 0.3) is 72.0 Å². The van der Waals surface area contributed by atoms with E-state index < -0.39 is 0 Å². The quantitative estimate of drug-likeness (QED) is 0.189. The number of nitrogens with zero attached hydrogens (tertiary/aromatic N) is 1. The summed E-state index contributed by atoms with van der Waals surface area (Å²) in [6, 6.07) is 65.8. The summed E-state index contributed by atoms with van der Waals surface area (Å²) in [6.45, 7) is 0. The van der Waals surface area contributed by atoms with Crippen molar-refractivity contribution in [2.45, 2.75) is 0 Å². The van der Waals surface area contributed by atoms with Crippen molar-refractivity contribution < 1.29 is 9.47 Å². The number of ether oxygens (including phenoxy) is 2. The lowest BCUT2D eigenvalue weighted by atomic mass is 9.90. The van der Waals surface area contributed by atoms with Crippen LogP contribution in [-0.2, 0) is 0 Å². The fourth-order valence-corrected chi connectivity index (χ4v) is 7.55. The number of hydrogen-bond acceptors (Lipinski definition) is 2. The van der Waals surface area contributed by atoms with Gasteiger partial charge in [-0.05, 0) is 82.9 Å². The third-order valence-electron chi connectivity index (χ3n) is 9.89. The van der Waals surface area contributed by atoms with Crippen LogP contribution in [0.15, 0.2) is 188 Å². The van der Waals surface area contributed by atoms with Crippen molar-refractivity contribution in [2.75, 3.05) is 0 Å². The van der Waals surface area contributed by atoms with Gasteiger partial charge in [0.2, 0.25) is 0 Å². The highest BCUT2D eigenvalue weighted by Crippen LogP contribution is 2.50. The Kier molecular flexibility index (Phi) is 6.81. The lowest BCUT2D eigenvalue weighted by molar-refractivity contribution is 0.472. The number of aromatic nitrogens is 1. The van der Waals surface area contributed by atoms with E-state index in [4.69, 9.17) is 9.47 Å². The first-order chi connectivity index (χ1) is 25.3. The van der Waals surface area contributed by atoms with Crippen LogP contribution in [0.5, 0.6) is 23.0 Å². The fraction of sp³-hybridized carbons (Fsp3) is 0. The van der Waals surface area contributed by atoms with E-state index in [1.165, 1.54) is 16.3 Å². The zero-order chi connectivity index (χ0) is 33.7. The highest BCUT2D eigenvalue weighted by molar-refractivity contribution is 6.11. The van der Waals surface area contributed by atoms with Gasteiger partial charge in [0.1, 0.15) is 23.0 Å². The van der Waals surface area contributed by atoms with E-state index in [0.29, 0.717) is 0 Å². The van der Waals surface area contributed by atoms with Gasteiger partial charge in [-0.15, -0.1) is 0 Å². The molecule has 1 aliphatic heterocycles. The van der Waals surface area contributed by atoms with Crippen LogP contribution >= 0.6 is 0 Å². The molecule has 3 heteroatoms. The molecule has 0 N–H and O–H groups in total. The van der Waals surface area contributed by atoms with Crippen LogP contribution in [0.4, 0.5) is 0 Å². The summed E-state index contributed by atoms with van der Waals surface area (Å²) < 4.78 is 16.3. The molecule has 0 aliphatic carbocycles. The summed E-state index contributed by atoms with van der Waals surface area (Å²) in [7, 11) is 0. The van der Waals surface area contributed by atoms with Gasteiger partial charge in [0, 0.05) is 38.7 Å². The number of benzene rings is 8. The van der Waals surface area contributed by atoms with E-state index in [1.54, 1.807) is 0 Å². The summed E-state index contributed by atoms with van der Waals surface area (Å²) in [6.07, 6.45) is 0. The van der Waals surface area contributed by atoms with Gasteiger partial charge < -0.3 is 14.0 Å². The van der Waals surface area contributed by atoms with Gasteiger partial charge in [0.05, 0.1) is 11.0 Å². The van der Waals surface area contributed by atoms with E-state index in [2.05, 4.69) is 150 Å². The number of rotatable bonds is 3. The minimum Gasteiger partial charge on any atom is -0.456 e. The normalized spacial score (nSPS) is 11.8. The van der Waals surface area contributed by atoms with Crippen molar-refractivity contribution in [3.63, 3.8) is 0 Å². The topological polar surface area (TPSA) is 23.4 Å². The Morgan fingerprint density at radius 2 is 0.902 bits per heavy atom. The van der Waals surface area contributed by atoms with Crippen molar-refractivity contribution in [1.29, 1.82) is 0 Å². The smallest absolute Gasteiger partial charge is 0.136 e. The van der Waals surface area contributed by atoms with Crippen molar-refractivity contribution in [3.05, 3.63) is 188 Å². The monoisotopic (exact) mass is 653 g/mol. The molecule has 0 saturated heterocycles. The molecular weight excluding hydrogens is 623 g/mol. The van der Waals surface area contributed by atoms with Crippen LogP contribution in [0.1, 0.15) is 0 Å². The average molecular weight is 654 g/mol. The summed E-state index contributed by atoms with van der Waals surface area (Å²) in [4.78, 5) is 0. The maximum absolute atomic E-state index is 7.01. The van der Waals surface area contributed by atoms with Crippen molar-refractivity contribution in [3.8, 4) is 73.2 Å². The Morgan fingerprint density at radius 1 is 0.314 bits per heavy atom. The highest BCUT2D eigenvalue weighted by Gasteiger charge is 2.24. The van der Waals surface area contributed by atoms with Gasteiger partial charge in [-0.3, -0.25) is 0 Å². The number of hydrogen-bond donors (Lipinski definition) is 0. The fourth-order valence-electron chi connectivity index (χ4n) is 7.55. The maximum Gasteiger partial charge on any atom is 0.136 e. The standard InChI is InChI=1S/C48H31NO2/c1-3-14-32(15-4-1)33-26-28-40-47(31-33)51-45-24-12-9-20-39(45)38-19-8-11-23-44(38)50-46-25-13-21-36(48(40)46)34-27-29-43-41(30-34)37-18-7-10-22-42(37)49(43)35-16-5-2-6-17-35/h1-31H. The second-order valence-corrected chi connectivity index (χ2v) is 12.9. The van der Waals surface area contributed by atoms with E-state index in [1.807, 2.05) is 42.5 Å².